The number of aromatic nitrogens is 3. The summed E-state index contributed by atoms with van der Waals surface area (Å²) in [5, 5.41) is 1.89. The van der Waals surface area contributed by atoms with Crippen LogP contribution in [0.5, 0.6) is 0 Å². The van der Waals surface area contributed by atoms with Crippen molar-refractivity contribution in [1.82, 2.24) is 14.5 Å². The van der Waals surface area contributed by atoms with Crippen LogP contribution in [0, 0.1) is 0 Å². The lowest BCUT2D eigenvalue weighted by atomic mass is 10.3. The first kappa shape index (κ1) is 14.8. The molecule has 0 radical (unpaired) electrons. The number of rotatable bonds is 3. The van der Waals surface area contributed by atoms with Crippen molar-refractivity contribution in [3.05, 3.63) is 44.6 Å². The number of hydrogen-bond donors (Lipinski definition) is 1. The van der Waals surface area contributed by atoms with Gasteiger partial charge in [0.1, 0.15) is 5.82 Å². The largest absolute Gasteiger partial charge is 0.357 e. The lowest BCUT2D eigenvalue weighted by Gasteiger charge is -2.16. The summed E-state index contributed by atoms with van der Waals surface area (Å²) < 4.78 is 1.30. The number of benzene rings is 1. The Kier molecular flexibility index (Phi) is 4.27. The van der Waals surface area contributed by atoms with Gasteiger partial charge in [0.25, 0.3) is 0 Å². The van der Waals surface area contributed by atoms with Crippen molar-refractivity contribution >= 4 is 29.2 Å². The Bertz CT molecular complexity index is 678. The highest BCUT2D eigenvalue weighted by atomic mass is 35.5. The summed E-state index contributed by atoms with van der Waals surface area (Å²) >= 11 is 12.3. The van der Waals surface area contributed by atoms with Crippen LogP contribution in [0.1, 0.15) is 12.7 Å². The molecule has 1 heterocycles. The quantitative estimate of drug-likeness (QED) is 0.690. The molecule has 2 N–H and O–H groups in total. The molecule has 0 bridgehead atoms. The summed E-state index contributed by atoms with van der Waals surface area (Å²) in [5.41, 5.74) is -0.150. The fourth-order valence-electron chi connectivity index (χ4n) is 1.76. The Morgan fingerprint density at radius 2 is 1.90 bits per heavy atom. The minimum atomic E-state index is -0.529. The Hall–Kier alpha value is -1.63. The van der Waals surface area contributed by atoms with E-state index >= 15 is 0 Å². The van der Waals surface area contributed by atoms with Gasteiger partial charge in [-0.15, -0.1) is 0 Å². The fraction of sp³-hybridized carbons (Fsp3) is 0.250. The lowest BCUT2D eigenvalue weighted by Crippen LogP contribution is -2.34. The van der Waals surface area contributed by atoms with Gasteiger partial charge < -0.3 is 0 Å². The van der Waals surface area contributed by atoms with Gasteiger partial charge in [0.05, 0.1) is 15.7 Å². The average Bonchev–Trinajstić information content (AvgIpc) is 2.39. The van der Waals surface area contributed by atoms with E-state index in [1.54, 1.807) is 25.2 Å². The molecule has 0 spiro atoms. The van der Waals surface area contributed by atoms with Crippen molar-refractivity contribution in [3.63, 3.8) is 0 Å². The first-order valence-corrected chi connectivity index (χ1v) is 6.64. The average molecular weight is 314 g/mol. The second kappa shape index (κ2) is 5.78. The number of hydrogen-bond acceptors (Lipinski definition) is 5. The number of hydrazine groups is 1. The molecule has 106 valence electrons. The Morgan fingerprint density at radius 1 is 1.30 bits per heavy atom. The third-order valence-electron chi connectivity index (χ3n) is 2.67. The third-order valence-corrected chi connectivity index (χ3v) is 3.28. The van der Waals surface area contributed by atoms with E-state index in [1.165, 1.54) is 9.58 Å². The summed E-state index contributed by atoms with van der Waals surface area (Å²) in [7, 11) is 1.56. The van der Waals surface area contributed by atoms with Gasteiger partial charge in [0, 0.05) is 13.5 Å². The van der Waals surface area contributed by atoms with Gasteiger partial charge in [-0.2, -0.15) is 9.97 Å². The highest BCUT2D eigenvalue weighted by Gasteiger charge is 2.16. The monoisotopic (exact) mass is 313 g/mol. The zero-order valence-electron chi connectivity index (χ0n) is 11.0. The number of aryl methyl sites for hydroxylation is 1. The van der Waals surface area contributed by atoms with Crippen LogP contribution in [-0.2, 0) is 6.42 Å². The maximum absolute atomic E-state index is 12.2. The van der Waals surface area contributed by atoms with Crippen LogP contribution in [-0.4, -0.2) is 21.6 Å². The molecule has 0 amide bonds. The molecular formula is C12H13Cl2N5O. The maximum atomic E-state index is 12.2. The Balaban J connectivity index is 2.78. The molecule has 20 heavy (non-hydrogen) atoms. The standard InChI is InChI=1S/C12H13Cl2N5O/c1-3-9-16-11(18(2)15)17-12(20)19(9)10-7(13)5-4-6-8(10)14/h4-6H,3,15H2,1-2H3. The van der Waals surface area contributed by atoms with Crippen LogP contribution in [0.3, 0.4) is 0 Å². The molecule has 0 atom stereocenters. The highest BCUT2D eigenvalue weighted by Crippen LogP contribution is 2.28. The molecule has 1 aromatic heterocycles. The SMILES string of the molecule is CCc1nc(N(C)N)nc(=O)n1-c1c(Cl)cccc1Cl. The molecular weight excluding hydrogens is 301 g/mol. The van der Waals surface area contributed by atoms with Crippen LogP contribution in [0.25, 0.3) is 5.69 Å². The first-order valence-electron chi connectivity index (χ1n) is 5.88. The fourth-order valence-corrected chi connectivity index (χ4v) is 2.33. The zero-order valence-corrected chi connectivity index (χ0v) is 12.5. The van der Waals surface area contributed by atoms with Gasteiger partial charge in [0.15, 0.2) is 0 Å². The minimum Gasteiger partial charge on any atom is -0.282 e. The smallest absolute Gasteiger partial charge is 0.282 e. The van der Waals surface area contributed by atoms with E-state index in [1.807, 2.05) is 6.92 Å². The van der Waals surface area contributed by atoms with Gasteiger partial charge in [-0.3, -0.25) is 5.01 Å². The number of anilines is 1. The molecule has 0 aliphatic rings. The molecule has 0 unspecified atom stereocenters. The van der Waals surface area contributed by atoms with E-state index < -0.39 is 5.69 Å². The number of halogens is 2. The first-order chi connectivity index (χ1) is 9.45. The van der Waals surface area contributed by atoms with Crippen LogP contribution < -0.4 is 16.5 Å². The molecule has 0 saturated heterocycles. The molecule has 6 nitrogen and oxygen atoms in total. The van der Waals surface area contributed by atoms with Crippen LogP contribution in [0.4, 0.5) is 5.95 Å². The number of para-hydroxylation sites is 1. The summed E-state index contributed by atoms with van der Waals surface area (Å²) in [4.78, 5) is 20.3. The third kappa shape index (κ3) is 2.63. The van der Waals surface area contributed by atoms with Crippen molar-refractivity contribution in [2.75, 3.05) is 12.1 Å². The normalized spacial score (nSPS) is 10.7. The minimum absolute atomic E-state index is 0.145. The van der Waals surface area contributed by atoms with Gasteiger partial charge in [0.2, 0.25) is 5.95 Å². The van der Waals surface area contributed by atoms with E-state index in [-0.39, 0.29) is 5.95 Å². The van der Waals surface area contributed by atoms with E-state index in [2.05, 4.69) is 9.97 Å². The summed E-state index contributed by atoms with van der Waals surface area (Å²) in [6.45, 7) is 1.86. The van der Waals surface area contributed by atoms with Crippen molar-refractivity contribution in [1.29, 1.82) is 0 Å². The Labute approximate surface area is 125 Å². The van der Waals surface area contributed by atoms with E-state index in [0.717, 1.165) is 0 Å². The van der Waals surface area contributed by atoms with E-state index in [0.29, 0.717) is 28.0 Å². The lowest BCUT2D eigenvalue weighted by molar-refractivity contribution is 0.749. The van der Waals surface area contributed by atoms with Gasteiger partial charge in [-0.25, -0.2) is 15.2 Å². The van der Waals surface area contributed by atoms with Gasteiger partial charge >= 0.3 is 5.69 Å². The van der Waals surface area contributed by atoms with Crippen molar-refractivity contribution in [3.8, 4) is 5.69 Å². The van der Waals surface area contributed by atoms with E-state index in [9.17, 15) is 4.79 Å². The number of nitrogens with zero attached hydrogens (tertiary/aromatic N) is 4. The summed E-state index contributed by atoms with van der Waals surface area (Å²) in [5.74, 6) is 6.19. The van der Waals surface area contributed by atoms with Crippen LogP contribution >= 0.6 is 23.2 Å². The highest BCUT2D eigenvalue weighted by molar-refractivity contribution is 6.37. The topological polar surface area (TPSA) is 77.0 Å². The molecule has 2 rings (SSSR count). The van der Waals surface area contributed by atoms with Crippen LogP contribution in [0.15, 0.2) is 23.0 Å². The zero-order chi connectivity index (χ0) is 14.9. The second-order valence-corrected chi connectivity index (χ2v) is 4.91. The number of nitrogens with two attached hydrogens (primary N) is 1. The predicted molar refractivity (Wildman–Crippen MR) is 79.6 cm³/mol. The van der Waals surface area contributed by atoms with E-state index in [4.69, 9.17) is 29.0 Å². The summed E-state index contributed by atoms with van der Waals surface area (Å²) in [6, 6.07) is 5.00. The molecule has 0 saturated carbocycles. The molecule has 8 heteroatoms. The second-order valence-electron chi connectivity index (χ2n) is 4.09. The molecule has 1 aromatic carbocycles. The van der Waals surface area contributed by atoms with Crippen molar-refractivity contribution in [2.45, 2.75) is 13.3 Å². The molecule has 0 fully saturated rings. The van der Waals surface area contributed by atoms with Crippen LogP contribution in [0.2, 0.25) is 10.0 Å². The van der Waals surface area contributed by atoms with Gasteiger partial charge in [-0.05, 0) is 12.1 Å². The van der Waals surface area contributed by atoms with Gasteiger partial charge in [-0.1, -0.05) is 36.2 Å². The molecule has 0 aliphatic heterocycles. The molecule has 0 aliphatic carbocycles. The molecule has 2 aromatic rings. The Morgan fingerprint density at radius 3 is 2.40 bits per heavy atom. The summed E-state index contributed by atoms with van der Waals surface area (Å²) in [6.07, 6.45) is 0.500. The predicted octanol–water partition coefficient (Wildman–Crippen LogP) is 1.81. The van der Waals surface area contributed by atoms with Crippen molar-refractivity contribution in [2.24, 2.45) is 5.84 Å². The maximum Gasteiger partial charge on any atom is 0.357 e. The van der Waals surface area contributed by atoms with Crippen molar-refractivity contribution < 1.29 is 0 Å².